The van der Waals surface area contributed by atoms with Crippen molar-refractivity contribution in [1.82, 2.24) is 5.32 Å². The minimum absolute atomic E-state index is 0.218. The maximum atomic E-state index is 11.2. The Balaban J connectivity index is 2.06. The molecule has 0 heterocycles. The van der Waals surface area contributed by atoms with Crippen LogP contribution in [0, 0.1) is 0 Å². The molecule has 0 aliphatic heterocycles. The Morgan fingerprint density at radius 3 is 2.15 bits per heavy atom. The van der Waals surface area contributed by atoms with Gasteiger partial charge in [0.25, 0.3) is 0 Å². The van der Waals surface area contributed by atoms with E-state index in [1.54, 1.807) is 6.92 Å². The van der Waals surface area contributed by atoms with Crippen molar-refractivity contribution in [3.8, 4) is 11.1 Å². The second kappa shape index (κ2) is 7.01. The molecule has 0 bridgehead atoms. The average Bonchev–Trinajstić information content (AvgIpc) is 2.48. The molecule has 2 aromatic carbocycles. The molecule has 0 saturated carbocycles. The third-order valence-electron chi connectivity index (χ3n) is 3.49. The number of likely N-dealkylation sites (N-methyl/N-ethyl adjacent to an activating group) is 1. The summed E-state index contributed by atoms with van der Waals surface area (Å²) >= 11 is 0. The van der Waals surface area contributed by atoms with Crippen LogP contribution in [0.1, 0.15) is 18.9 Å². The number of hydrogen-bond donors (Lipinski definition) is 1. The van der Waals surface area contributed by atoms with Gasteiger partial charge in [0.2, 0.25) is 0 Å². The van der Waals surface area contributed by atoms with Crippen molar-refractivity contribution in [1.29, 1.82) is 0 Å². The van der Waals surface area contributed by atoms with Gasteiger partial charge in [-0.15, -0.1) is 0 Å². The van der Waals surface area contributed by atoms with E-state index in [0.29, 0.717) is 6.42 Å². The molecule has 2 heteroatoms. The van der Waals surface area contributed by atoms with E-state index in [4.69, 9.17) is 0 Å². The third kappa shape index (κ3) is 4.04. The molecular formula is C18H21NO. The molecule has 1 atom stereocenters. The standard InChI is InChI=1S/C18H21NO/c1-14(20)12-18(19-2)13-15-8-10-17(11-9-15)16-6-4-3-5-7-16/h3-11,18-19H,12-13H2,1-2H3/t18-/m1/s1. The van der Waals surface area contributed by atoms with Crippen LogP contribution in [-0.4, -0.2) is 18.9 Å². The maximum Gasteiger partial charge on any atom is 0.131 e. The number of carbonyl (C=O) groups is 1. The van der Waals surface area contributed by atoms with Gasteiger partial charge in [0, 0.05) is 12.5 Å². The number of carbonyl (C=O) groups excluding carboxylic acids is 1. The van der Waals surface area contributed by atoms with Gasteiger partial charge in [-0.3, -0.25) is 4.79 Å². The molecule has 104 valence electrons. The Morgan fingerprint density at radius 1 is 1.00 bits per heavy atom. The highest BCUT2D eigenvalue weighted by Gasteiger charge is 2.09. The lowest BCUT2D eigenvalue weighted by atomic mass is 9.99. The second-order valence-electron chi connectivity index (χ2n) is 5.16. The van der Waals surface area contributed by atoms with Crippen LogP contribution >= 0.6 is 0 Å². The van der Waals surface area contributed by atoms with Crippen molar-refractivity contribution >= 4 is 5.78 Å². The number of Topliss-reactive ketones (excluding diaryl/α,β-unsaturated/α-hetero) is 1. The molecule has 0 aliphatic carbocycles. The Labute approximate surface area is 120 Å². The molecule has 1 N–H and O–H groups in total. The summed E-state index contributed by atoms with van der Waals surface area (Å²) in [7, 11) is 1.91. The SMILES string of the molecule is CN[C@H](CC(C)=O)Cc1ccc(-c2ccccc2)cc1. The topological polar surface area (TPSA) is 29.1 Å². The van der Waals surface area contributed by atoms with Crippen molar-refractivity contribution in [2.24, 2.45) is 0 Å². The van der Waals surface area contributed by atoms with Gasteiger partial charge in [-0.1, -0.05) is 54.6 Å². The highest BCUT2D eigenvalue weighted by molar-refractivity contribution is 5.76. The molecule has 0 spiro atoms. The van der Waals surface area contributed by atoms with Gasteiger partial charge >= 0.3 is 0 Å². The van der Waals surface area contributed by atoms with E-state index in [0.717, 1.165) is 6.42 Å². The second-order valence-corrected chi connectivity index (χ2v) is 5.16. The maximum absolute atomic E-state index is 11.2. The van der Waals surface area contributed by atoms with Gasteiger partial charge < -0.3 is 5.32 Å². The Morgan fingerprint density at radius 2 is 1.60 bits per heavy atom. The number of benzene rings is 2. The van der Waals surface area contributed by atoms with E-state index in [1.807, 2.05) is 25.2 Å². The molecular weight excluding hydrogens is 246 g/mol. The van der Waals surface area contributed by atoms with Gasteiger partial charge in [-0.05, 0) is 37.1 Å². The van der Waals surface area contributed by atoms with E-state index < -0.39 is 0 Å². The van der Waals surface area contributed by atoms with Crippen LogP contribution in [0.4, 0.5) is 0 Å². The minimum atomic E-state index is 0.218. The summed E-state index contributed by atoms with van der Waals surface area (Å²) in [6, 6.07) is 19.1. The molecule has 0 saturated heterocycles. The van der Waals surface area contributed by atoms with Gasteiger partial charge in [0.1, 0.15) is 5.78 Å². The molecule has 2 nitrogen and oxygen atoms in total. The Kier molecular flexibility index (Phi) is 5.08. The summed E-state index contributed by atoms with van der Waals surface area (Å²) in [5.41, 5.74) is 3.71. The third-order valence-corrected chi connectivity index (χ3v) is 3.49. The van der Waals surface area contributed by atoms with E-state index in [2.05, 4.69) is 41.7 Å². The summed E-state index contributed by atoms with van der Waals surface area (Å²) < 4.78 is 0. The fourth-order valence-corrected chi connectivity index (χ4v) is 2.37. The molecule has 0 aliphatic rings. The average molecular weight is 267 g/mol. The minimum Gasteiger partial charge on any atom is -0.316 e. The molecule has 0 fully saturated rings. The molecule has 0 aromatic heterocycles. The zero-order valence-electron chi connectivity index (χ0n) is 12.1. The lowest BCUT2D eigenvalue weighted by Gasteiger charge is -2.14. The number of rotatable bonds is 6. The Hall–Kier alpha value is -1.93. The molecule has 20 heavy (non-hydrogen) atoms. The van der Waals surface area contributed by atoms with Crippen molar-refractivity contribution in [2.45, 2.75) is 25.8 Å². The smallest absolute Gasteiger partial charge is 0.131 e. The van der Waals surface area contributed by atoms with E-state index in [1.165, 1.54) is 16.7 Å². The van der Waals surface area contributed by atoms with Crippen molar-refractivity contribution in [3.63, 3.8) is 0 Å². The quantitative estimate of drug-likeness (QED) is 0.868. The summed E-state index contributed by atoms with van der Waals surface area (Å²) in [4.78, 5) is 11.2. The van der Waals surface area contributed by atoms with Crippen molar-refractivity contribution < 1.29 is 4.79 Å². The fourth-order valence-electron chi connectivity index (χ4n) is 2.37. The first-order valence-electron chi connectivity index (χ1n) is 7.00. The lowest BCUT2D eigenvalue weighted by Crippen LogP contribution is -2.29. The first-order valence-corrected chi connectivity index (χ1v) is 7.00. The van der Waals surface area contributed by atoms with Crippen LogP contribution in [-0.2, 0) is 11.2 Å². The molecule has 0 amide bonds. The zero-order chi connectivity index (χ0) is 14.4. The first-order chi connectivity index (χ1) is 9.69. The van der Waals surface area contributed by atoms with E-state index in [-0.39, 0.29) is 11.8 Å². The fraction of sp³-hybridized carbons (Fsp3) is 0.278. The summed E-state index contributed by atoms with van der Waals surface area (Å²) in [5.74, 6) is 0.227. The predicted molar refractivity (Wildman–Crippen MR) is 83.7 cm³/mol. The zero-order valence-corrected chi connectivity index (χ0v) is 12.1. The summed E-state index contributed by atoms with van der Waals surface area (Å²) in [5, 5.41) is 3.21. The van der Waals surface area contributed by atoms with Gasteiger partial charge in [-0.2, -0.15) is 0 Å². The van der Waals surface area contributed by atoms with Crippen molar-refractivity contribution in [3.05, 3.63) is 60.2 Å². The highest BCUT2D eigenvalue weighted by atomic mass is 16.1. The molecule has 0 radical (unpaired) electrons. The normalized spacial score (nSPS) is 12.1. The number of ketones is 1. The van der Waals surface area contributed by atoms with Gasteiger partial charge in [0.05, 0.1) is 0 Å². The van der Waals surface area contributed by atoms with Crippen LogP contribution in [0.2, 0.25) is 0 Å². The van der Waals surface area contributed by atoms with Gasteiger partial charge in [0.15, 0.2) is 0 Å². The van der Waals surface area contributed by atoms with E-state index >= 15 is 0 Å². The first kappa shape index (κ1) is 14.5. The van der Waals surface area contributed by atoms with Gasteiger partial charge in [-0.25, -0.2) is 0 Å². The highest BCUT2D eigenvalue weighted by Crippen LogP contribution is 2.19. The number of hydrogen-bond acceptors (Lipinski definition) is 2. The molecule has 2 rings (SSSR count). The van der Waals surface area contributed by atoms with Crippen LogP contribution in [0.3, 0.4) is 0 Å². The predicted octanol–water partition coefficient (Wildman–Crippen LogP) is 3.46. The summed E-state index contributed by atoms with van der Waals surface area (Å²) in [6.07, 6.45) is 1.46. The lowest BCUT2D eigenvalue weighted by molar-refractivity contribution is -0.117. The van der Waals surface area contributed by atoms with Crippen LogP contribution in [0.15, 0.2) is 54.6 Å². The number of nitrogens with one attached hydrogen (secondary N) is 1. The van der Waals surface area contributed by atoms with Crippen LogP contribution < -0.4 is 5.32 Å². The van der Waals surface area contributed by atoms with Crippen molar-refractivity contribution in [2.75, 3.05) is 7.05 Å². The van der Waals surface area contributed by atoms with E-state index in [9.17, 15) is 4.79 Å². The molecule has 2 aromatic rings. The Bertz CT molecular complexity index is 545. The van der Waals surface area contributed by atoms with Crippen LogP contribution in [0.5, 0.6) is 0 Å². The molecule has 0 unspecified atom stereocenters. The summed E-state index contributed by atoms with van der Waals surface area (Å²) in [6.45, 7) is 1.64. The van der Waals surface area contributed by atoms with Crippen LogP contribution in [0.25, 0.3) is 11.1 Å². The monoisotopic (exact) mass is 267 g/mol. The largest absolute Gasteiger partial charge is 0.316 e.